The molecule has 2 atom stereocenters. The summed E-state index contributed by atoms with van der Waals surface area (Å²) in [6.07, 6.45) is -0.513. The summed E-state index contributed by atoms with van der Waals surface area (Å²) in [5, 5.41) is 3.50. The third-order valence-corrected chi connectivity index (χ3v) is 4.03. The van der Waals surface area contributed by atoms with Crippen LogP contribution >= 0.6 is 11.9 Å². The molecule has 0 bridgehead atoms. The Labute approximate surface area is 186 Å². The topological polar surface area (TPSA) is 103 Å². The predicted octanol–water partition coefficient (Wildman–Crippen LogP) is 3.69. The number of nitrogens with one attached hydrogen (secondary N) is 1. The number of alkyl halides is 3. The monoisotopic (exact) mass is 485 g/mol. The van der Waals surface area contributed by atoms with Gasteiger partial charge in [-0.05, 0) is 24.5 Å². The van der Waals surface area contributed by atoms with E-state index < -0.39 is 47.0 Å². The van der Waals surface area contributed by atoms with Crippen molar-refractivity contribution in [1.29, 1.82) is 0 Å². The highest BCUT2D eigenvalue weighted by molar-refractivity contribution is 7.98. The van der Waals surface area contributed by atoms with Crippen molar-refractivity contribution in [3.8, 4) is 0 Å². The molecule has 1 aromatic rings. The lowest BCUT2D eigenvalue weighted by atomic mass is 10.1. The van der Waals surface area contributed by atoms with Gasteiger partial charge in [0.25, 0.3) is 5.91 Å². The lowest BCUT2D eigenvalue weighted by Crippen LogP contribution is -2.31. The zero-order valence-corrected chi connectivity index (χ0v) is 18.2. The number of halogens is 5. The Balaban J connectivity index is 0.000000561. The van der Waals surface area contributed by atoms with Gasteiger partial charge >= 0.3 is 5.51 Å². The molecule has 32 heavy (non-hydrogen) atoms. The van der Waals surface area contributed by atoms with Gasteiger partial charge in [0.05, 0.1) is 30.7 Å². The van der Waals surface area contributed by atoms with Gasteiger partial charge in [0.15, 0.2) is 0 Å². The van der Waals surface area contributed by atoms with Crippen molar-refractivity contribution >= 4 is 29.5 Å². The number of hydrogen-bond acceptors (Lipinski definition) is 6. The Hall–Kier alpha value is -2.67. The Kier molecular flexibility index (Phi) is 13.2. The van der Waals surface area contributed by atoms with Crippen molar-refractivity contribution in [2.24, 2.45) is 16.8 Å². The van der Waals surface area contributed by atoms with Crippen LogP contribution < -0.4 is 10.5 Å². The van der Waals surface area contributed by atoms with E-state index in [1.54, 1.807) is 4.72 Å². The van der Waals surface area contributed by atoms with Gasteiger partial charge in [-0.15, -0.1) is 13.2 Å². The number of rotatable bonds is 6. The minimum Gasteiger partial charge on any atom is -0.399 e. The highest BCUT2D eigenvalue weighted by Crippen LogP contribution is 2.28. The summed E-state index contributed by atoms with van der Waals surface area (Å²) in [7, 11) is 1.26. The fourth-order valence-corrected chi connectivity index (χ4v) is 2.67. The smallest absolute Gasteiger partial charge is 0.399 e. The molecule has 0 spiro atoms. The van der Waals surface area contributed by atoms with Crippen LogP contribution in [0.1, 0.15) is 25.3 Å². The number of primary amides is 1. The lowest BCUT2D eigenvalue weighted by Gasteiger charge is -2.10. The number of carbonyl (C=O) groups excluding carboxylic acids is 2. The zero-order valence-electron chi connectivity index (χ0n) is 17.4. The number of hydrogen-bond donors (Lipinski definition) is 2. The fraction of sp³-hybridized carbons (Fsp3) is 0.421. The highest BCUT2D eigenvalue weighted by atomic mass is 32.2. The first-order valence-corrected chi connectivity index (χ1v) is 9.74. The maximum absolute atomic E-state index is 12.9. The minimum atomic E-state index is -4.44. The van der Waals surface area contributed by atoms with Crippen molar-refractivity contribution in [2.45, 2.75) is 31.4 Å². The minimum absolute atomic E-state index is 0.0772. The molecule has 2 rings (SSSR count). The second kappa shape index (κ2) is 14.4. The van der Waals surface area contributed by atoms with E-state index >= 15 is 0 Å². The van der Waals surface area contributed by atoms with E-state index in [1.807, 2.05) is 6.92 Å². The Morgan fingerprint density at radius 3 is 2.25 bits per heavy atom. The molecular formula is C19H24F5N3O4S. The summed E-state index contributed by atoms with van der Waals surface area (Å²) >= 11 is -0.550. The number of amides is 2. The summed E-state index contributed by atoms with van der Waals surface area (Å²) in [4.78, 5) is 26.3. The second-order valence-electron chi connectivity index (χ2n) is 6.20. The van der Waals surface area contributed by atoms with Gasteiger partial charge in [0.2, 0.25) is 5.91 Å². The van der Waals surface area contributed by atoms with Crippen LogP contribution in [0.3, 0.4) is 0 Å². The van der Waals surface area contributed by atoms with Gasteiger partial charge in [0.1, 0.15) is 24.8 Å². The standard InChI is InChI=1S/C10H10F2N2O2.C7H10F3NO2S.C2H4/c1-16-14-9(5-10(13)15)6-2-7(11)4-8(12)3-6;1-4-2-5(13-3-4)6(12)11-14-7(8,9)10;1-2/h2-4H,5H2,1H3,(H2,13,15);4-5H,2-3H2,1H3,(H,11,12);1-2H2/b14-9+;;/t;4-,5-;/m.1./s1. The summed E-state index contributed by atoms with van der Waals surface area (Å²) < 4.78 is 67.6. The second-order valence-corrected chi connectivity index (χ2v) is 7.07. The van der Waals surface area contributed by atoms with Crippen LogP contribution in [0.4, 0.5) is 22.0 Å². The Morgan fingerprint density at radius 1 is 1.28 bits per heavy atom. The van der Waals surface area contributed by atoms with Crippen LogP contribution in [0, 0.1) is 17.6 Å². The molecule has 1 heterocycles. The molecule has 13 heteroatoms. The average Bonchev–Trinajstić information content (AvgIpc) is 3.13. The molecule has 0 radical (unpaired) electrons. The van der Waals surface area contributed by atoms with Crippen molar-refractivity contribution in [3.05, 3.63) is 48.6 Å². The van der Waals surface area contributed by atoms with Crippen LogP contribution in [0.25, 0.3) is 0 Å². The maximum Gasteiger partial charge on any atom is 0.461 e. The molecule has 0 aromatic heterocycles. The molecule has 0 saturated carbocycles. The van der Waals surface area contributed by atoms with E-state index in [-0.39, 0.29) is 23.6 Å². The molecule has 180 valence electrons. The average molecular weight is 485 g/mol. The summed E-state index contributed by atoms with van der Waals surface area (Å²) in [6.45, 7) is 8.30. The molecule has 0 unspecified atom stereocenters. The van der Waals surface area contributed by atoms with Crippen molar-refractivity contribution in [2.75, 3.05) is 13.7 Å². The molecular weight excluding hydrogens is 461 g/mol. The van der Waals surface area contributed by atoms with Crippen LogP contribution in [0.15, 0.2) is 36.5 Å². The van der Waals surface area contributed by atoms with Crippen LogP contribution in [0.2, 0.25) is 0 Å². The summed E-state index contributed by atoms with van der Waals surface area (Å²) in [6, 6.07) is 2.81. The SMILES string of the molecule is C=C.CO/N=C(\CC(N)=O)c1cc(F)cc(F)c1.C[C@H]1CO[C@@H](C(=O)NSC(F)(F)F)C1. The first-order chi connectivity index (χ1) is 14.9. The van der Waals surface area contributed by atoms with E-state index in [2.05, 4.69) is 23.2 Å². The fourth-order valence-electron chi connectivity index (χ4n) is 2.32. The van der Waals surface area contributed by atoms with Crippen LogP contribution in [-0.2, 0) is 19.2 Å². The Morgan fingerprint density at radius 2 is 1.84 bits per heavy atom. The van der Waals surface area contributed by atoms with Crippen LogP contribution in [0.5, 0.6) is 0 Å². The van der Waals surface area contributed by atoms with Gasteiger partial charge in [0, 0.05) is 11.6 Å². The summed E-state index contributed by atoms with van der Waals surface area (Å²) in [5.74, 6) is -2.68. The maximum atomic E-state index is 12.9. The first kappa shape index (κ1) is 29.3. The number of carbonyl (C=O) groups is 2. The molecule has 1 aliphatic rings. The van der Waals surface area contributed by atoms with Crippen molar-refractivity contribution in [3.63, 3.8) is 0 Å². The molecule has 1 aromatic carbocycles. The number of benzene rings is 1. The summed E-state index contributed by atoms with van der Waals surface area (Å²) in [5.41, 5.74) is 0.730. The van der Waals surface area contributed by atoms with Gasteiger partial charge in [-0.3, -0.25) is 14.3 Å². The molecule has 1 aliphatic heterocycles. The quantitative estimate of drug-likeness (QED) is 0.210. The molecule has 7 nitrogen and oxygen atoms in total. The van der Waals surface area contributed by atoms with Crippen molar-refractivity contribution in [1.82, 2.24) is 4.72 Å². The van der Waals surface area contributed by atoms with Crippen molar-refractivity contribution < 1.29 is 41.1 Å². The zero-order chi connectivity index (χ0) is 24.9. The highest BCUT2D eigenvalue weighted by Gasteiger charge is 2.34. The molecule has 2 amide bonds. The molecule has 0 aliphatic carbocycles. The van der Waals surface area contributed by atoms with E-state index in [0.29, 0.717) is 13.0 Å². The molecule has 1 saturated heterocycles. The van der Waals surface area contributed by atoms with E-state index in [4.69, 9.17) is 10.5 Å². The van der Waals surface area contributed by atoms with Gasteiger partial charge in [-0.1, -0.05) is 12.1 Å². The van der Waals surface area contributed by atoms with E-state index in [1.165, 1.54) is 7.11 Å². The third-order valence-electron chi connectivity index (χ3n) is 3.50. The number of nitrogens with two attached hydrogens (primary N) is 1. The largest absolute Gasteiger partial charge is 0.461 e. The van der Waals surface area contributed by atoms with E-state index in [0.717, 1.165) is 18.2 Å². The molecule has 3 N–H and O–H groups in total. The van der Waals surface area contributed by atoms with E-state index in [9.17, 15) is 31.5 Å². The van der Waals surface area contributed by atoms with Gasteiger partial charge in [-0.25, -0.2) is 8.78 Å². The Bertz CT molecular complexity index is 772. The van der Waals surface area contributed by atoms with Gasteiger partial charge in [-0.2, -0.15) is 13.2 Å². The molecule has 1 fully saturated rings. The number of nitrogens with zero attached hydrogens (tertiary/aromatic N) is 1. The number of oxime groups is 1. The van der Waals surface area contributed by atoms with Gasteiger partial charge < -0.3 is 15.3 Å². The predicted molar refractivity (Wildman–Crippen MR) is 110 cm³/mol. The normalized spacial score (nSPS) is 17.9. The van der Waals surface area contributed by atoms with Crippen LogP contribution in [-0.4, -0.2) is 42.9 Å². The first-order valence-electron chi connectivity index (χ1n) is 8.92. The lowest BCUT2D eigenvalue weighted by molar-refractivity contribution is -0.128. The third kappa shape index (κ3) is 12.2. The number of ether oxygens (including phenoxy) is 1.